The Bertz CT molecular complexity index is 482. The van der Waals surface area contributed by atoms with Crippen LogP contribution in [-0.2, 0) is 9.59 Å². The van der Waals surface area contributed by atoms with Gasteiger partial charge in [0.15, 0.2) is 0 Å². The van der Waals surface area contributed by atoms with Crippen LogP contribution in [0.2, 0.25) is 0 Å². The molecule has 0 fully saturated rings. The number of benzene rings is 1. The van der Waals surface area contributed by atoms with E-state index in [4.69, 9.17) is 0 Å². The van der Waals surface area contributed by atoms with Gasteiger partial charge in [-0.25, -0.2) is 0 Å². The highest BCUT2D eigenvalue weighted by atomic mass is 32.2. The average molecular weight is 251 g/mol. The predicted octanol–water partition coefficient (Wildman–Crippen LogP) is 1.92. The van der Waals surface area contributed by atoms with Gasteiger partial charge in [0, 0.05) is 11.9 Å². The Kier molecular flexibility index (Phi) is 3.07. The molecule has 0 unspecified atom stereocenters. The van der Waals surface area contributed by atoms with E-state index in [1.165, 1.54) is 18.8 Å². The molecule has 1 aliphatic rings. The molecule has 1 heterocycles. The number of nitrogens with zero attached hydrogens (tertiary/aromatic N) is 1. The van der Waals surface area contributed by atoms with Crippen LogP contribution in [0, 0.1) is 0 Å². The van der Waals surface area contributed by atoms with E-state index in [2.05, 4.69) is 12.6 Å². The van der Waals surface area contributed by atoms with Crippen molar-refractivity contribution in [3.8, 4) is 0 Å². The standard InChI is InChI=1S/C11H9NO2S2/c1-12-10(13)8(15)9(11(12)14)16-7-5-3-2-4-6-7/h2-6,15H,1H3. The second-order valence-electron chi connectivity index (χ2n) is 3.26. The molecule has 0 N–H and O–H groups in total. The highest BCUT2D eigenvalue weighted by Gasteiger charge is 2.34. The van der Waals surface area contributed by atoms with Crippen LogP contribution in [0.4, 0.5) is 0 Å². The quantitative estimate of drug-likeness (QED) is 0.644. The fourth-order valence-corrected chi connectivity index (χ4v) is 2.62. The lowest BCUT2D eigenvalue weighted by Gasteiger charge is -2.05. The minimum absolute atomic E-state index is 0.223. The van der Waals surface area contributed by atoms with Gasteiger partial charge in [-0.05, 0) is 12.1 Å². The van der Waals surface area contributed by atoms with Gasteiger partial charge in [-0.3, -0.25) is 14.5 Å². The van der Waals surface area contributed by atoms with Crippen molar-refractivity contribution >= 4 is 36.2 Å². The Hall–Kier alpha value is -1.20. The zero-order valence-corrected chi connectivity index (χ0v) is 10.2. The molecule has 0 radical (unpaired) electrons. The molecule has 0 aromatic heterocycles. The molecule has 0 bridgehead atoms. The van der Waals surface area contributed by atoms with Crippen molar-refractivity contribution in [1.82, 2.24) is 4.90 Å². The first kappa shape index (κ1) is 11.3. The van der Waals surface area contributed by atoms with Crippen molar-refractivity contribution in [3.05, 3.63) is 40.1 Å². The monoisotopic (exact) mass is 251 g/mol. The predicted molar refractivity (Wildman–Crippen MR) is 66.1 cm³/mol. The van der Waals surface area contributed by atoms with E-state index in [0.717, 1.165) is 9.80 Å². The molecule has 1 aromatic rings. The number of thiol groups is 1. The summed E-state index contributed by atoms with van der Waals surface area (Å²) < 4.78 is 0. The summed E-state index contributed by atoms with van der Waals surface area (Å²) in [7, 11) is 1.46. The molecule has 0 atom stereocenters. The Morgan fingerprint density at radius 2 is 1.75 bits per heavy atom. The minimum Gasteiger partial charge on any atom is -0.277 e. The van der Waals surface area contributed by atoms with Gasteiger partial charge in [0.1, 0.15) is 0 Å². The average Bonchev–Trinajstić information content (AvgIpc) is 2.48. The van der Waals surface area contributed by atoms with Crippen LogP contribution in [0.15, 0.2) is 45.0 Å². The van der Waals surface area contributed by atoms with E-state index >= 15 is 0 Å². The first-order valence-corrected chi connectivity index (χ1v) is 5.86. The van der Waals surface area contributed by atoms with E-state index < -0.39 is 0 Å². The summed E-state index contributed by atoms with van der Waals surface area (Å²) >= 11 is 5.34. The number of rotatable bonds is 2. The lowest BCUT2D eigenvalue weighted by Crippen LogP contribution is -2.26. The number of carbonyl (C=O) groups is 2. The Balaban J connectivity index is 2.29. The van der Waals surface area contributed by atoms with Gasteiger partial charge in [-0.2, -0.15) is 0 Å². The molecule has 5 heteroatoms. The SMILES string of the molecule is CN1C(=O)C(S)=C(Sc2ccccc2)C1=O. The maximum Gasteiger partial charge on any atom is 0.268 e. The summed E-state index contributed by atoms with van der Waals surface area (Å²) in [5.41, 5.74) is 0. The van der Waals surface area contributed by atoms with E-state index in [-0.39, 0.29) is 16.7 Å². The van der Waals surface area contributed by atoms with Crippen LogP contribution in [0.1, 0.15) is 0 Å². The van der Waals surface area contributed by atoms with Gasteiger partial charge in [0.2, 0.25) is 0 Å². The minimum atomic E-state index is -0.341. The molecule has 0 saturated heterocycles. The third-order valence-corrected chi connectivity index (χ3v) is 3.84. The second-order valence-corrected chi connectivity index (χ2v) is 4.79. The van der Waals surface area contributed by atoms with Gasteiger partial charge in [-0.1, -0.05) is 30.0 Å². The van der Waals surface area contributed by atoms with Gasteiger partial charge in [0.25, 0.3) is 11.8 Å². The van der Waals surface area contributed by atoms with Gasteiger partial charge >= 0.3 is 0 Å². The largest absolute Gasteiger partial charge is 0.277 e. The molecule has 2 rings (SSSR count). The lowest BCUT2D eigenvalue weighted by atomic mass is 10.4. The van der Waals surface area contributed by atoms with E-state index in [1.54, 1.807) is 0 Å². The highest BCUT2D eigenvalue weighted by molar-refractivity contribution is 8.05. The summed E-state index contributed by atoms with van der Waals surface area (Å²) in [6.45, 7) is 0. The zero-order chi connectivity index (χ0) is 11.7. The van der Waals surface area contributed by atoms with Crippen LogP contribution in [0.3, 0.4) is 0 Å². The second kappa shape index (κ2) is 4.35. The molecule has 2 amide bonds. The van der Waals surface area contributed by atoms with Crippen molar-refractivity contribution < 1.29 is 9.59 Å². The van der Waals surface area contributed by atoms with Gasteiger partial charge < -0.3 is 0 Å². The third kappa shape index (κ3) is 1.88. The number of imide groups is 1. The fourth-order valence-electron chi connectivity index (χ4n) is 1.30. The van der Waals surface area contributed by atoms with Crippen molar-refractivity contribution in [1.29, 1.82) is 0 Å². The summed E-state index contributed by atoms with van der Waals surface area (Å²) in [6.07, 6.45) is 0. The normalized spacial score (nSPS) is 16.2. The van der Waals surface area contributed by atoms with Crippen molar-refractivity contribution in [3.63, 3.8) is 0 Å². The third-order valence-electron chi connectivity index (χ3n) is 2.18. The maximum absolute atomic E-state index is 11.7. The Morgan fingerprint density at radius 1 is 1.12 bits per heavy atom. The van der Waals surface area contributed by atoms with Crippen molar-refractivity contribution in [2.24, 2.45) is 0 Å². The molecular weight excluding hydrogens is 242 g/mol. The molecule has 82 valence electrons. The Morgan fingerprint density at radius 3 is 2.25 bits per heavy atom. The summed E-state index contributed by atoms with van der Waals surface area (Å²) in [6, 6.07) is 9.43. The fraction of sp³-hybridized carbons (Fsp3) is 0.0909. The number of amides is 2. The molecule has 0 spiro atoms. The first-order valence-electron chi connectivity index (χ1n) is 4.60. The molecule has 0 aliphatic carbocycles. The summed E-state index contributed by atoms with van der Waals surface area (Å²) in [5.74, 6) is -0.629. The lowest BCUT2D eigenvalue weighted by molar-refractivity contribution is -0.135. The molecule has 3 nitrogen and oxygen atoms in total. The van der Waals surface area contributed by atoms with Crippen LogP contribution in [-0.4, -0.2) is 23.8 Å². The topological polar surface area (TPSA) is 37.4 Å². The van der Waals surface area contributed by atoms with E-state index in [0.29, 0.717) is 4.91 Å². The smallest absolute Gasteiger partial charge is 0.268 e. The maximum atomic E-state index is 11.7. The number of hydrogen-bond donors (Lipinski definition) is 1. The van der Waals surface area contributed by atoms with Crippen molar-refractivity contribution in [2.45, 2.75) is 4.90 Å². The number of thioether (sulfide) groups is 1. The van der Waals surface area contributed by atoms with Crippen LogP contribution >= 0.6 is 24.4 Å². The van der Waals surface area contributed by atoms with Gasteiger partial charge in [-0.15, -0.1) is 12.6 Å². The summed E-state index contributed by atoms with van der Waals surface area (Å²) in [5, 5.41) is 0. The van der Waals surface area contributed by atoms with Crippen LogP contribution < -0.4 is 0 Å². The number of hydrogen-bond acceptors (Lipinski definition) is 4. The first-order chi connectivity index (χ1) is 7.61. The van der Waals surface area contributed by atoms with E-state index in [9.17, 15) is 9.59 Å². The highest BCUT2D eigenvalue weighted by Crippen LogP contribution is 2.35. The zero-order valence-electron chi connectivity index (χ0n) is 8.51. The molecule has 16 heavy (non-hydrogen) atoms. The number of likely N-dealkylation sites (N-methyl/N-ethyl adjacent to an activating group) is 1. The molecule has 1 aliphatic heterocycles. The van der Waals surface area contributed by atoms with Gasteiger partial charge in [0.05, 0.1) is 9.81 Å². The van der Waals surface area contributed by atoms with E-state index in [1.807, 2.05) is 30.3 Å². The molecule has 0 saturated carbocycles. The Labute approximate surface area is 103 Å². The van der Waals surface area contributed by atoms with Crippen molar-refractivity contribution in [2.75, 3.05) is 7.05 Å². The van der Waals surface area contributed by atoms with Crippen LogP contribution in [0.5, 0.6) is 0 Å². The molecule has 1 aromatic carbocycles. The number of carbonyl (C=O) groups excluding carboxylic acids is 2. The molecular formula is C11H9NO2S2. The van der Waals surface area contributed by atoms with Crippen LogP contribution in [0.25, 0.3) is 0 Å². The summed E-state index contributed by atoms with van der Waals surface area (Å²) in [4.78, 5) is 25.8.